The molecule has 7 heteroatoms. The largest absolute Gasteiger partial charge is 0.435 e. The van der Waals surface area contributed by atoms with E-state index in [0.29, 0.717) is 23.0 Å². The Hall–Kier alpha value is -2.28. The predicted molar refractivity (Wildman–Crippen MR) is 92.9 cm³/mol. The van der Waals surface area contributed by atoms with Crippen molar-refractivity contribution in [3.05, 3.63) is 70.0 Å². The minimum atomic E-state index is -2.85. The van der Waals surface area contributed by atoms with Crippen molar-refractivity contribution in [3.63, 3.8) is 0 Å². The Bertz CT molecular complexity index is 748. The summed E-state index contributed by atoms with van der Waals surface area (Å²) in [6, 6.07) is 10.6. The Balaban J connectivity index is 1.80. The fourth-order valence-electron chi connectivity index (χ4n) is 2.03. The monoisotopic (exact) mass is 413 g/mol. The van der Waals surface area contributed by atoms with Crippen molar-refractivity contribution >= 4 is 27.9 Å². The molecule has 2 aromatic rings. The molecule has 2 rings (SSSR count). The highest BCUT2D eigenvalue weighted by Gasteiger charge is 2.04. The number of nitrogens with one attached hydrogen (secondary N) is 1. The summed E-state index contributed by atoms with van der Waals surface area (Å²) in [5.74, 6) is -0.683. The van der Waals surface area contributed by atoms with Crippen molar-refractivity contribution in [2.24, 2.45) is 0 Å². The Morgan fingerprint density at radius 2 is 1.92 bits per heavy atom. The van der Waals surface area contributed by atoms with Crippen molar-refractivity contribution < 1.29 is 22.7 Å². The van der Waals surface area contributed by atoms with E-state index in [1.165, 1.54) is 30.4 Å². The molecular formula is C18H15BrF3NO2. The number of hydrogen-bond acceptors (Lipinski definition) is 2. The molecule has 0 aliphatic heterocycles. The minimum absolute atomic E-state index is 0.0850. The topological polar surface area (TPSA) is 38.3 Å². The van der Waals surface area contributed by atoms with Gasteiger partial charge in [-0.05, 0) is 48.4 Å². The number of rotatable bonds is 7. The molecule has 0 saturated heterocycles. The van der Waals surface area contributed by atoms with Gasteiger partial charge < -0.3 is 10.1 Å². The first-order valence-corrected chi connectivity index (χ1v) is 8.18. The fourth-order valence-corrected chi connectivity index (χ4v) is 2.41. The van der Waals surface area contributed by atoms with Crippen LogP contribution in [0.3, 0.4) is 0 Å². The number of carbonyl (C=O) groups excluding carboxylic acids is 1. The Kier molecular flexibility index (Phi) is 7.06. The summed E-state index contributed by atoms with van der Waals surface area (Å²) >= 11 is 3.24. The lowest BCUT2D eigenvalue weighted by atomic mass is 10.1. The minimum Gasteiger partial charge on any atom is -0.435 e. The summed E-state index contributed by atoms with van der Waals surface area (Å²) in [6.07, 6.45) is 3.18. The highest BCUT2D eigenvalue weighted by Crippen LogP contribution is 2.17. The van der Waals surface area contributed by atoms with E-state index in [0.717, 1.165) is 5.56 Å². The van der Waals surface area contributed by atoms with Crippen LogP contribution in [-0.2, 0) is 11.2 Å². The number of hydrogen-bond donors (Lipinski definition) is 1. The first-order chi connectivity index (χ1) is 11.9. The molecule has 0 radical (unpaired) electrons. The van der Waals surface area contributed by atoms with E-state index >= 15 is 0 Å². The Morgan fingerprint density at radius 3 is 2.60 bits per heavy atom. The maximum Gasteiger partial charge on any atom is 0.387 e. The quantitative estimate of drug-likeness (QED) is 0.675. The second kappa shape index (κ2) is 9.27. The smallest absolute Gasteiger partial charge is 0.387 e. The first-order valence-electron chi connectivity index (χ1n) is 7.39. The number of ether oxygens (including phenoxy) is 1. The van der Waals surface area contributed by atoms with E-state index in [4.69, 9.17) is 0 Å². The number of benzene rings is 2. The first kappa shape index (κ1) is 19.1. The van der Waals surface area contributed by atoms with Gasteiger partial charge in [0.1, 0.15) is 11.6 Å². The van der Waals surface area contributed by atoms with Crippen LogP contribution in [0, 0.1) is 5.82 Å². The summed E-state index contributed by atoms with van der Waals surface area (Å²) in [5, 5.41) is 2.67. The highest BCUT2D eigenvalue weighted by molar-refractivity contribution is 9.10. The Labute approximate surface area is 151 Å². The third-order valence-corrected chi connectivity index (χ3v) is 3.73. The van der Waals surface area contributed by atoms with Crippen LogP contribution in [0.15, 0.2) is 53.0 Å². The standard InChI is InChI=1S/C18H15BrF3NO2/c19-14-4-7-16(20)13(11-14)3-8-17(24)23-10-9-12-1-5-15(6-2-12)25-18(21)22/h1-8,11,18H,9-10H2,(H,23,24)/b8-3+. The second-order valence-corrected chi connectivity index (χ2v) is 5.98. The lowest BCUT2D eigenvalue weighted by molar-refractivity contribution is -0.116. The van der Waals surface area contributed by atoms with E-state index in [1.54, 1.807) is 24.3 Å². The van der Waals surface area contributed by atoms with Crippen LogP contribution in [0.25, 0.3) is 6.08 Å². The molecule has 1 amide bonds. The van der Waals surface area contributed by atoms with Gasteiger partial charge in [-0.25, -0.2) is 4.39 Å². The van der Waals surface area contributed by atoms with Crippen LogP contribution in [0.4, 0.5) is 13.2 Å². The zero-order valence-electron chi connectivity index (χ0n) is 13.0. The summed E-state index contributed by atoms with van der Waals surface area (Å²) in [5.41, 5.74) is 1.17. The molecule has 0 heterocycles. The molecule has 0 unspecified atom stereocenters. The summed E-state index contributed by atoms with van der Waals surface area (Å²) in [6.45, 7) is -2.49. The molecular weight excluding hydrogens is 399 g/mol. The second-order valence-electron chi connectivity index (χ2n) is 5.06. The molecule has 0 atom stereocenters. The SMILES string of the molecule is O=C(/C=C/c1cc(Br)ccc1F)NCCc1ccc(OC(F)F)cc1. The summed E-state index contributed by atoms with van der Waals surface area (Å²) < 4.78 is 42.6. The Morgan fingerprint density at radius 1 is 1.20 bits per heavy atom. The van der Waals surface area contributed by atoms with Crippen LogP contribution in [-0.4, -0.2) is 19.1 Å². The maximum atomic E-state index is 13.5. The molecule has 0 saturated carbocycles. The average Bonchev–Trinajstić information content (AvgIpc) is 2.57. The van der Waals surface area contributed by atoms with E-state index in [-0.39, 0.29) is 11.7 Å². The zero-order chi connectivity index (χ0) is 18.2. The molecule has 0 aliphatic carbocycles. The van der Waals surface area contributed by atoms with Gasteiger partial charge in [-0.15, -0.1) is 0 Å². The molecule has 132 valence electrons. The summed E-state index contributed by atoms with van der Waals surface area (Å²) in [4.78, 5) is 11.7. The van der Waals surface area contributed by atoms with Gasteiger partial charge in [-0.1, -0.05) is 28.1 Å². The summed E-state index contributed by atoms with van der Waals surface area (Å²) in [7, 11) is 0. The van der Waals surface area contributed by atoms with E-state index < -0.39 is 12.4 Å². The number of carbonyl (C=O) groups is 1. The van der Waals surface area contributed by atoms with Crippen molar-refractivity contribution in [1.82, 2.24) is 5.32 Å². The van der Waals surface area contributed by atoms with E-state index in [9.17, 15) is 18.0 Å². The van der Waals surface area contributed by atoms with Gasteiger partial charge in [0.2, 0.25) is 5.91 Å². The fraction of sp³-hybridized carbons (Fsp3) is 0.167. The van der Waals surface area contributed by atoms with Crippen molar-refractivity contribution in [1.29, 1.82) is 0 Å². The van der Waals surface area contributed by atoms with Gasteiger partial charge in [0.05, 0.1) is 0 Å². The van der Waals surface area contributed by atoms with Crippen molar-refractivity contribution in [2.45, 2.75) is 13.0 Å². The van der Waals surface area contributed by atoms with E-state index in [1.807, 2.05) is 0 Å². The number of amides is 1. The van der Waals surface area contributed by atoms with Crippen LogP contribution >= 0.6 is 15.9 Å². The van der Waals surface area contributed by atoms with Gasteiger partial charge in [0.15, 0.2) is 0 Å². The van der Waals surface area contributed by atoms with Crippen LogP contribution < -0.4 is 10.1 Å². The third-order valence-electron chi connectivity index (χ3n) is 3.23. The molecule has 0 fully saturated rings. The molecule has 2 aromatic carbocycles. The molecule has 0 aliphatic rings. The molecule has 0 spiro atoms. The molecule has 0 bridgehead atoms. The highest BCUT2D eigenvalue weighted by atomic mass is 79.9. The predicted octanol–water partition coefficient (Wildman–Crippen LogP) is 4.56. The molecule has 25 heavy (non-hydrogen) atoms. The average molecular weight is 414 g/mol. The van der Waals surface area contributed by atoms with E-state index in [2.05, 4.69) is 26.0 Å². The number of halogens is 4. The normalized spacial score (nSPS) is 11.1. The molecule has 1 N–H and O–H groups in total. The maximum absolute atomic E-state index is 13.5. The van der Waals surface area contributed by atoms with Gasteiger partial charge in [0, 0.05) is 22.7 Å². The van der Waals surface area contributed by atoms with Gasteiger partial charge in [-0.3, -0.25) is 4.79 Å². The van der Waals surface area contributed by atoms with Gasteiger partial charge in [0.25, 0.3) is 0 Å². The van der Waals surface area contributed by atoms with Crippen molar-refractivity contribution in [3.8, 4) is 5.75 Å². The van der Waals surface area contributed by atoms with Crippen LogP contribution in [0.1, 0.15) is 11.1 Å². The lowest BCUT2D eigenvalue weighted by Gasteiger charge is -2.06. The zero-order valence-corrected chi connectivity index (χ0v) is 14.6. The molecule has 0 aromatic heterocycles. The van der Waals surface area contributed by atoms with Gasteiger partial charge in [-0.2, -0.15) is 8.78 Å². The lowest BCUT2D eigenvalue weighted by Crippen LogP contribution is -2.23. The van der Waals surface area contributed by atoms with Gasteiger partial charge >= 0.3 is 6.61 Å². The van der Waals surface area contributed by atoms with Crippen molar-refractivity contribution in [2.75, 3.05) is 6.54 Å². The van der Waals surface area contributed by atoms with Crippen LogP contribution in [0.5, 0.6) is 5.75 Å². The third kappa shape index (κ3) is 6.62. The van der Waals surface area contributed by atoms with Crippen LogP contribution in [0.2, 0.25) is 0 Å². The molecule has 3 nitrogen and oxygen atoms in total. The number of alkyl halides is 2.